The van der Waals surface area contributed by atoms with Crippen LogP contribution in [0.25, 0.3) is 0 Å². The summed E-state index contributed by atoms with van der Waals surface area (Å²) in [6.45, 7) is 2.15. The number of Topliss-reactive ketones (excluding diaryl/α,β-unsaturated/α-hetero) is 1. The van der Waals surface area contributed by atoms with Gasteiger partial charge >= 0.3 is 0 Å². The van der Waals surface area contributed by atoms with E-state index in [1.54, 1.807) is 25.6 Å². The van der Waals surface area contributed by atoms with Gasteiger partial charge in [0.1, 0.15) is 5.75 Å². The number of hydrogen-bond acceptors (Lipinski definition) is 4. The molecule has 1 aliphatic carbocycles. The summed E-state index contributed by atoms with van der Waals surface area (Å²) in [6.07, 6.45) is 6.84. The highest BCUT2D eigenvalue weighted by Crippen LogP contribution is 2.33. The Morgan fingerprint density at radius 2 is 2.33 bits per heavy atom. The molecule has 2 rings (SSSR count). The van der Waals surface area contributed by atoms with Gasteiger partial charge in [0.15, 0.2) is 5.78 Å². The topological polar surface area (TPSA) is 65.2 Å². The van der Waals surface area contributed by atoms with E-state index in [0.29, 0.717) is 17.2 Å². The minimum atomic E-state index is -0.730. The molecule has 0 amide bonds. The minimum absolute atomic E-state index is 0.0135. The summed E-state index contributed by atoms with van der Waals surface area (Å²) in [6, 6.07) is 1.71. The first-order chi connectivity index (χ1) is 8.55. The van der Waals surface area contributed by atoms with Gasteiger partial charge in [-0.15, -0.1) is 0 Å². The van der Waals surface area contributed by atoms with Crippen LogP contribution in [0.3, 0.4) is 0 Å². The van der Waals surface area contributed by atoms with E-state index in [2.05, 4.69) is 11.9 Å². The summed E-state index contributed by atoms with van der Waals surface area (Å²) in [7, 11) is 1.56. The fraction of sp³-hybridized carbons (Fsp3) is 0.571. The van der Waals surface area contributed by atoms with E-state index in [1.165, 1.54) is 0 Å². The number of ether oxygens (including phenoxy) is 1. The molecule has 0 aliphatic heterocycles. The third-order valence-corrected chi connectivity index (χ3v) is 3.70. The van der Waals surface area contributed by atoms with Crippen LogP contribution < -0.4 is 10.5 Å². The second kappa shape index (κ2) is 5.06. The first-order valence-electron chi connectivity index (χ1n) is 6.38. The van der Waals surface area contributed by atoms with Crippen molar-refractivity contribution in [1.82, 2.24) is 4.98 Å². The zero-order valence-electron chi connectivity index (χ0n) is 11.0. The molecule has 4 nitrogen and oxygen atoms in total. The van der Waals surface area contributed by atoms with Gasteiger partial charge in [0, 0.05) is 11.8 Å². The van der Waals surface area contributed by atoms with Crippen molar-refractivity contribution in [2.24, 2.45) is 11.7 Å². The summed E-state index contributed by atoms with van der Waals surface area (Å²) in [5.41, 5.74) is 6.12. The predicted molar refractivity (Wildman–Crippen MR) is 69.7 cm³/mol. The summed E-state index contributed by atoms with van der Waals surface area (Å²) in [5.74, 6) is 1.08. The van der Waals surface area contributed by atoms with E-state index < -0.39 is 5.54 Å². The number of aromatic nitrogens is 1. The van der Waals surface area contributed by atoms with Crippen molar-refractivity contribution >= 4 is 5.78 Å². The number of nitrogens with zero attached hydrogens (tertiary/aromatic N) is 1. The van der Waals surface area contributed by atoms with E-state index in [4.69, 9.17) is 10.5 Å². The number of methoxy groups -OCH3 is 1. The average Bonchev–Trinajstić information content (AvgIpc) is 2.37. The molecule has 2 atom stereocenters. The molecule has 1 aromatic rings. The van der Waals surface area contributed by atoms with Crippen LogP contribution in [0.15, 0.2) is 18.5 Å². The molecule has 0 saturated heterocycles. The summed E-state index contributed by atoms with van der Waals surface area (Å²) in [5, 5.41) is 0. The maximum absolute atomic E-state index is 12.5. The normalized spacial score (nSPS) is 27.8. The highest BCUT2D eigenvalue weighted by Gasteiger charge is 2.38. The first kappa shape index (κ1) is 13.0. The predicted octanol–water partition coefficient (Wildman–Crippen LogP) is 2.18. The van der Waals surface area contributed by atoms with Gasteiger partial charge in [0.05, 0.1) is 18.8 Å². The second-order valence-corrected chi connectivity index (χ2v) is 5.30. The van der Waals surface area contributed by atoms with Gasteiger partial charge < -0.3 is 10.5 Å². The van der Waals surface area contributed by atoms with Crippen LogP contribution >= 0.6 is 0 Å². The molecule has 1 aromatic heterocycles. The van der Waals surface area contributed by atoms with Crippen LogP contribution in [-0.4, -0.2) is 23.4 Å². The zero-order valence-corrected chi connectivity index (χ0v) is 11.0. The molecular weight excluding hydrogens is 228 g/mol. The van der Waals surface area contributed by atoms with Crippen molar-refractivity contribution in [3.63, 3.8) is 0 Å². The van der Waals surface area contributed by atoms with Gasteiger partial charge in [-0.1, -0.05) is 19.8 Å². The standard InChI is InChI=1S/C14H20N2O2/c1-10-4-3-5-14(15,7-10)13(17)11-6-12(18-2)9-16-8-11/h6,8-10H,3-5,7,15H2,1-2H3. The number of rotatable bonds is 3. The second-order valence-electron chi connectivity index (χ2n) is 5.30. The van der Waals surface area contributed by atoms with Crippen molar-refractivity contribution in [2.75, 3.05) is 7.11 Å². The van der Waals surface area contributed by atoms with Gasteiger partial charge in [0.2, 0.25) is 0 Å². The lowest BCUT2D eigenvalue weighted by Gasteiger charge is -2.35. The molecular formula is C14H20N2O2. The van der Waals surface area contributed by atoms with Crippen LogP contribution in [0.5, 0.6) is 5.75 Å². The molecule has 0 spiro atoms. The van der Waals surface area contributed by atoms with E-state index in [-0.39, 0.29) is 5.78 Å². The fourth-order valence-electron chi connectivity index (χ4n) is 2.74. The number of nitrogens with two attached hydrogens (primary N) is 1. The van der Waals surface area contributed by atoms with Crippen molar-refractivity contribution in [2.45, 2.75) is 38.1 Å². The Balaban J connectivity index is 2.24. The van der Waals surface area contributed by atoms with Crippen molar-refractivity contribution in [3.05, 3.63) is 24.0 Å². The van der Waals surface area contributed by atoms with Gasteiger partial charge in [0.25, 0.3) is 0 Å². The molecule has 1 fully saturated rings. The largest absolute Gasteiger partial charge is 0.495 e. The molecule has 1 heterocycles. The Labute approximate surface area is 108 Å². The number of ketones is 1. The van der Waals surface area contributed by atoms with Crippen molar-refractivity contribution in [1.29, 1.82) is 0 Å². The number of carbonyl (C=O) groups is 1. The Kier molecular flexibility index (Phi) is 3.66. The lowest BCUT2D eigenvalue weighted by Crippen LogP contribution is -2.51. The van der Waals surface area contributed by atoms with Crippen LogP contribution in [0, 0.1) is 5.92 Å². The van der Waals surface area contributed by atoms with E-state index in [9.17, 15) is 4.79 Å². The molecule has 98 valence electrons. The monoisotopic (exact) mass is 248 g/mol. The maximum atomic E-state index is 12.5. The Morgan fingerprint density at radius 1 is 1.56 bits per heavy atom. The number of pyridine rings is 1. The van der Waals surface area contributed by atoms with Gasteiger partial charge in [-0.05, 0) is 24.8 Å². The lowest BCUT2D eigenvalue weighted by molar-refractivity contribution is 0.0819. The lowest BCUT2D eigenvalue weighted by atomic mass is 9.73. The quantitative estimate of drug-likeness (QED) is 0.833. The van der Waals surface area contributed by atoms with Crippen LogP contribution in [-0.2, 0) is 0 Å². The molecule has 2 unspecified atom stereocenters. The maximum Gasteiger partial charge on any atom is 0.184 e. The van der Waals surface area contributed by atoms with Gasteiger partial charge in [-0.2, -0.15) is 0 Å². The Bertz CT molecular complexity index is 447. The molecule has 1 aliphatic rings. The van der Waals surface area contributed by atoms with Gasteiger partial charge in [-0.25, -0.2) is 0 Å². The van der Waals surface area contributed by atoms with Crippen LogP contribution in [0.4, 0.5) is 0 Å². The summed E-state index contributed by atoms with van der Waals surface area (Å²) in [4.78, 5) is 16.5. The highest BCUT2D eigenvalue weighted by atomic mass is 16.5. The SMILES string of the molecule is COc1cncc(C(=O)C2(N)CCCC(C)C2)c1. The summed E-state index contributed by atoms with van der Waals surface area (Å²) < 4.78 is 5.09. The first-order valence-corrected chi connectivity index (χ1v) is 6.38. The van der Waals surface area contributed by atoms with Crippen molar-refractivity contribution < 1.29 is 9.53 Å². The molecule has 0 aromatic carbocycles. The Hall–Kier alpha value is -1.42. The van der Waals surface area contributed by atoms with Crippen molar-refractivity contribution in [3.8, 4) is 5.75 Å². The van der Waals surface area contributed by atoms with Crippen LogP contribution in [0.1, 0.15) is 43.0 Å². The molecule has 4 heteroatoms. The number of carbonyl (C=O) groups excluding carboxylic acids is 1. The molecule has 2 N–H and O–H groups in total. The average molecular weight is 248 g/mol. The zero-order chi connectivity index (χ0) is 13.2. The molecule has 1 saturated carbocycles. The number of hydrogen-bond donors (Lipinski definition) is 1. The smallest absolute Gasteiger partial charge is 0.184 e. The summed E-state index contributed by atoms with van der Waals surface area (Å²) >= 11 is 0. The molecule has 0 radical (unpaired) electrons. The molecule has 0 bridgehead atoms. The third-order valence-electron chi connectivity index (χ3n) is 3.70. The molecule has 18 heavy (non-hydrogen) atoms. The third kappa shape index (κ3) is 2.53. The minimum Gasteiger partial charge on any atom is -0.495 e. The fourth-order valence-corrected chi connectivity index (χ4v) is 2.74. The highest BCUT2D eigenvalue weighted by molar-refractivity contribution is 6.03. The Morgan fingerprint density at radius 3 is 3.00 bits per heavy atom. The van der Waals surface area contributed by atoms with E-state index in [0.717, 1.165) is 25.7 Å². The van der Waals surface area contributed by atoms with Gasteiger partial charge in [-0.3, -0.25) is 9.78 Å². The van der Waals surface area contributed by atoms with E-state index in [1.807, 2.05) is 0 Å². The van der Waals surface area contributed by atoms with Crippen LogP contribution in [0.2, 0.25) is 0 Å². The van der Waals surface area contributed by atoms with E-state index >= 15 is 0 Å².